The van der Waals surface area contributed by atoms with Crippen molar-refractivity contribution in [3.05, 3.63) is 108 Å². The Morgan fingerprint density at radius 2 is 1.37 bits per heavy atom. The number of H-pyrrole nitrogens is 1. The van der Waals surface area contributed by atoms with Crippen molar-refractivity contribution in [1.29, 1.82) is 0 Å². The van der Waals surface area contributed by atoms with Gasteiger partial charge in [0, 0.05) is 33.8 Å². The fourth-order valence-electron chi connectivity index (χ4n) is 4.31. The molecular weight excluding hydrogens is 368 g/mol. The highest BCUT2D eigenvalue weighted by atomic mass is 16.1. The Bertz CT molecular complexity index is 1060. The molecule has 0 radical (unpaired) electrons. The minimum Gasteiger partial charge on any atom is -0.360 e. The summed E-state index contributed by atoms with van der Waals surface area (Å²) in [6.07, 6.45) is 2.40. The molecule has 0 aliphatic carbocycles. The lowest BCUT2D eigenvalue weighted by Gasteiger charge is -2.38. The van der Waals surface area contributed by atoms with Crippen molar-refractivity contribution in [1.82, 2.24) is 4.98 Å². The van der Waals surface area contributed by atoms with E-state index in [2.05, 4.69) is 72.6 Å². The normalized spacial score (nSPS) is 11.6. The summed E-state index contributed by atoms with van der Waals surface area (Å²) in [6.45, 7) is 5.88. The molecule has 0 atom stereocenters. The van der Waals surface area contributed by atoms with E-state index in [4.69, 9.17) is 0 Å². The van der Waals surface area contributed by atoms with Crippen molar-refractivity contribution in [3.63, 3.8) is 0 Å². The fourth-order valence-corrected chi connectivity index (χ4v) is 4.31. The molecule has 4 aromatic rings. The Kier molecular flexibility index (Phi) is 6.10. The molecule has 1 N–H and O–H groups in total. The summed E-state index contributed by atoms with van der Waals surface area (Å²) < 4.78 is 0.863. The number of carbonyl (C=O) groups is 1. The standard InChI is InChI=1S/C27H28N2O/c1-2-29(20-22-11-5-3-6-12-22,21-23-13-7-4-8-14-23)18-17-27(30)25-19-28-26-16-10-9-15-24(25)26/h3-16,19H,2,17-18,20-21H2,1H3/p+1. The maximum atomic E-state index is 13.2. The van der Waals surface area contributed by atoms with Crippen LogP contribution < -0.4 is 0 Å². The fraction of sp³-hybridized carbons (Fsp3) is 0.222. The third-order valence-electron chi connectivity index (χ3n) is 6.10. The Balaban J connectivity index is 1.57. The van der Waals surface area contributed by atoms with Crippen LogP contribution in [0.5, 0.6) is 0 Å². The Hall–Kier alpha value is -3.17. The molecule has 3 aromatic carbocycles. The Labute approximate surface area is 178 Å². The van der Waals surface area contributed by atoms with Crippen LogP contribution in [-0.4, -0.2) is 28.3 Å². The number of nitrogens with zero attached hydrogens (tertiary/aromatic N) is 1. The predicted molar refractivity (Wildman–Crippen MR) is 123 cm³/mol. The van der Waals surface area contributed by atoms with Crippen molar-refractivity contribution in [2.45, 2.75) is 26.4 Å². The van der Waals surface area contributed by atoms with Crippen LogP contribution in [0.15, 0.2) is 91.1 Å². The van der Waals surface area contributed by atoms with E-state index < -0.39 is 0 Å². The van der Waals surface area contributed by atoms with Crippen LogP contribution in [-0.2, 0) is 13.1 Å². The SMILES string of the molecule is CC[N+](CCC(=O)c1c[nH]c2ccccc12)(Cc1ccccc1)Cc1ccccc1. The van der Waals surface area contributed by atoms with E-state index in [1.54, 1.807) is 0 Å². The van der Waals surface area contributed by atoms with E-state index in [9.17, 15) is 4.79 Å². The van der Waals surface area contributed by atoms with Crippen LogP contribution in [0.2, 0.25) is 0 Å². The number of para-hydroxylation sites is 1. The van der Waals surface area contributed by atoms with Gasteiger partial charge in [-0.15, -0.1) is 0 Å². The summed E-state index contributed by atoms with van der Waals surface area (Å²) in [5.41, 5.74) is 4.45. The molecule has 0 aliphatic heterocycles. The van der Waals surface area contributed by atoms with E-state index in [0.717, 1.165) is 47.1 Å². The second kappa shape index (κ2) is 9.10. The van der Waals surface area contributed by atoms with E-state index in [1.807, 2.05) is 30.5 Å². The Morgan fingerprint density at radius 1 is 0.800 bits per heavy atom. The number of rotatable bonds is 9. The molecule has 0 aliphatic rings. The maximum Gasteiger partial charge on any atom is 0.170 e. The zero-order valence-electron chi connectivity index (χ0n) is 17.6. The second-order valence-corrected chi connectivity index (χ2v) is 8.09. The van der Waals surface area contributed by atoms with Gasteiger partial charge in [0.05, 0.1) is 19.5 Å². The van der Waals surface area contributed by atoms with Gasteiger partial charge in [-0.3, -0.25) is 4.79 Å². The molecular formula is C27H29N2O+. The third-order valence-corrected chi connectivity index (χ3v) is 6.10. The zero-order valence-corrected chi connectivity index (χ0v) is 17.6. The average molecular weight is 398 g/mol. The van der Waals surface area contributed by atoms with E-state index in [-0.39, 0.29) is 5.78 Å². The topological polar surface area (TPSA) is 32.9 Å². The number of benzene rings is 3. The summed E-state index contributed by atoms with van der Waals surface area (Å²) in [6, 6.07) is 29.3. The van der Waals surface area contributed by atoms with Gasteiger partial charge in [-0.2, -0.15) is 0 Å². The second-order valence-electron chi connectivity index (χ2n) is 8.09. The summed E-state index contributed by atoms with van der Waals surface area (Å²) in [4.78, 5) is 16.4. The van der Waals surface area contributed by atoms with Crippen LogP contribution in [0.1, 0.15) is 34.8 Å². The minimum absolute atomic E-state index is 0.213. The number of nitrogens with one attached hydrogen (secondary N) is 1. The van der Waals surface area contributed by atoms with Gasteiger partial charge < -0.3 is 9.47 Å². The number of ketones is 1. The molecule has 1 heterocycles. The molecule has 3 nitrogen and oxygen atoms in total. The quantitative estimate of drug-likeness (QED) is 0.274. The van der Waals surface area contributed by atoms with Gasteiger partial charge in [0.25, 0.3) is 0 Å². The number of hydrogen-bond acceptors (Lipinski definition) is 1. The molecule has 4 rings (SSSR count). The van der Waals surface area contributed by atoms with Gasteiger partial charge >= 0.3 is 0 Å². The average Bonchev–Trinajstić information content (AvgIpc) is 3.23. The van der Waals surface area contributed by atoms with E-state index in [0.29, 0.717) is 6.42 Å². The summed E-state index contributed by atoms with van der Waals surface area (Å²) in [7, 11) is 0. The highest BCUT2D eigenvalue weighted by molar-refractivity contribution is 6.07. The molecule has 0 saturated heterocycles. The number of carbonyl (C=O) groups excluding carboxylic acids is 1. The molecule has 1 aromatic heterocycles. The number of hydrogen-bond donors (Lipinski definition) is 1. The van der Waals surface area contributed by atoms with Gasteiger partial charge in [0.15, 0.2) is 5.78 Å². The third kappa shape index (κ3) is 4.52. The van der Waals surface area contributed by atoms with Crippen LogP contribution >= 0.6 is 0 Å². The highest BCUT2D eigenvalue weighted by Gasteiger charge is 2.28. The predicted octanol–water partition coefficient (Wildman–Crippen LogP) is 5.98. The first kappa shape index (κ1) is 20.1. The summed E-state index contributed by atoms with van der Waals surface area (Å²) in [5.74, 6) is 0.213. The molecule has 0 spiro atoms. The zero-order chi connectivity index (χ0) is 20.8. The van der Waals surface area contributed by atoms with Crippen molar-refractivity contribution >= 4 is 16.7 Å². The number of quaternary nitrogens is 1. The molecule has 0 unspecified atom stereocenters. The monoisotopic (exact) mass is 397 g/mol. The first-order chi connectivity index (χ1) is 14.7. The van der Waals surface area contributed by atoms with Crippen molar-refractivity contribution in [2.24, 2.45) is 0 Å². The Morgan fingerprint density at radius 3 is 1.97 bits per heavy atom. The van der Waals surface area contributed by atoms with Crippen molar-refractivity contribution in [3.8, 4) is 0 Å². The molecule has 0 fully saturated rings. The maximum absolute atomic E-state index is 13.2. The minimum atomic E-state index is 0.213. The van der Waals surface area contributed by atoms with Crippen LogP contribution in [0.25, 0.3) is 10.9 Å². The number of aromatic nitrogens is 1. The first-order valence-corrected chi connectivity index (χ1v) is 10.7. The lowest BCUT2D eigenvalue weighted by Crippen LogP contribution is -2.47. The van der Waals surface area contributed by atoms with Crippen LogP contribution in [0.4, 0.5) is 0 Å². The summed E-state index contributed by atoms with van der Waals surface area (Å²) in [5, 5.41) is 1.02. The first-order valence-electron chi connectivity index (χ1n) is 10.7. The highest BCUT2D eigenvalue weighted by Crippen LogP contribution is 2.23. The molecule has 30 heavy (non-hydrogen) atoms. The van der Waals surface area contributed by atoms with Gasteiger partial charge in [-0.05, 0) is 13.0 Å². The largest absolute Gasteiger partial charge is 0.360 e. The van der Waals surface area contributed by atoms with Crippen molar-refractivity contribution in [2.75, 3.05) is 13.1 Å². The molecule has 0 amide bonds. The van der Waals surface area contributed by atoms with Gasteiger partial charge in [0.1, 0.15) is 13.1 Å². The van der Waals surface area contributed by atoms with Gasteiger partial charge in [-0.1, -0.05) is 78.9 Å². The lowest BCUT2D eigenvalue weighted by atomic mass is 10.0. The van der Waals surface area contributed by atoms with Crippen LogP contribution in [0.3, 0.4) is 0 Å². The lowest BCUT2D eigenvalue weighted by molar-refractivity contribution is -0.951. The molecule has 152 valence electrons. The van der Waals surface area contributed by atoms with E-state index in [1.165, 1.54) is 11.1 Å². The van der Waals surface area contributed by atoms with E-state index >= 15 is 0 Å². The van der Waals surface area contributed by atoms with Crippen LogP contribution in [0, 0.1) is 0 Å². The van der Waals surface area contributed by atoms with Gasteiger partial charge in [-0.25, -0.2) is 0 Å². The van der Waals surface area contributed by atoms with Gasteiger partial charge in [0.2, 0.25) is 0 Å². The smallest absolute Gasteiger partial charge is 0.170 e. The van der Waals surface area contributed by atoms with Crippen molar-refractivity contribution < 1.29 is 9.28 Å². The molecule has 3 heteroatoms. The number of Topliss-reactive ketones (excluding diaryl/α,β-unsaturated/α-hetero) is 1. The molecule has 0 bridgehead atoms. The summed E-state index contributed by atoms with van der Waals surface area (Å²) >= 11 is 0. The number of fused-ring (bicyclic) bond motifs is 1. The number of aromatic amines is 1. The molecule has 0 saturated carbocycles.